The highest BCUT2D eigenvalue weighted by atomic mass is 16.4. The second-order valence-corrected chi connectivity index (χ2v) is 5.15. The maximum absolute atomic E-state index is 12.3. The van der Waals surface area contributed by atoms with Gasteiger partial charge in [0.1, 0.15) is 5.54 Å². The van der Waals surface area contributed by atoms with Crippen molar-refractivity contribution in [1.29, 1.82) is 0 Å². The number of likely N-dealkylation sites (tertiary alicyclic amines) is 1. The van der Waals surface area contributed by atoms with Crippen molar-refractivity contribution in [3.05, 3.63) is 29.8 Å². The summed E-state index contributed by atoms with van der Waals surface area (Å²) in [5.74, 6) is -1.08. The van der Waals surface area contributed by atoms with Gasteiger partial charge in [-0.25, -0.2) is 4.79 Å². The zero-order valence-electron chi connectivity index (χ0n) is 10.9. The maximum atomic E-state index is 12.3. The molecule has 1 fully saturated rings. The number of nitrogen functional groups attached to an aromatic ring is 1. The van der Waals surface area contributed by atoms with Crippen LogP contribution in [0.15, 0.2) is 24.3 Å². The number of carboxylic acid groups (broad SMARTS) is 1. The summed E-state index contributed by atoms with van der Waals surface area (Å²) in [4.78, 5) is 25.1. The Kier molecular flexibility index (Phi) is 3.46. The lowest BCUT2D eigenvalue weighted by Gasteiger charge is -2.31. The van der Waals surface area contributed by atoms with Gasteiger partial charge in [0.2, 0.25) is 5.91 Å². The third kappa shape index (κ3) is 2.54. The summed E-state index contributed by atoms with van der Waals surface area (Å²) in [5.41, 5.74) is 6.02. The van der Waals surface area contributed by atoms with E-state index in [1.165, 1.54) is 4.90 Å². The Hall–Kier alpha value is -2.04. The van der Waals surface area contributed by atoms with Crippen LogP contribution in [0.3, 0.4) is 0 Å². The fraction of sp³-hybridized carbons (Fsp3) is 0.429. The van der Waals surface area contributed by atoms with Crippen LogP contribution in [0.4, 0.5) is 5.69 Å². The minimum Gasteiger partial charge on any atom is -0.480 e. The van der Waals surface area contributed by atoms with Gasteiger partial charge < -0.3 is 15.7 Å². The maximum Gasteiger partial charge on any atom is 0.329 e. The van der Waals surface area contributed by atoms with Gasteiger partial charge in [-0.05, 0) is 37.5 Å². The third-order valence-electron chi connectivity index (χ3n) is 3.74. The van der Waals surface area contributed by atoms with Gasteiger partial charge in [0.05, 0.1) is 6.42 Å². The lowest BCUT2D eigenvalue weighted by atomic mass is 9.98. The Bertz CT molecular complexity index is 498. The van der Waals surface area contributed by atoms with E-state index in [1.54, 1.807) is 31.2 Å². The molecule has 1 saturated heterocycles. The van der Waals surface area contributed by atoms with E-state index in [-0.39, 0.29) is 12.3 Å². The molecule has 102 valence electrons. The van der Waals surface area contributed by atoms with E-state index in [4.69, 9.17) is 5.73 Å². The molecule has 0 saturated carbocycles. The van der Waals surface area contributed by atoms with Crippen molar-refractivity contribution in [3.63, 3.8) is 0 Å². The van der Waals surface area contributed by atoms with E-state index in [1.807, 2.05) is 0 Å². The van der Waals surface area contributed by atoms with E-state index in [0.717, 1.165) is 12.0 Å². The largest absolute Gasteiger partial charge is 0.480 e. The van der Waals surface area contributed by atoms with Crippen LogP contribution in [-0.4, -0.2) is 34.0 Å². The minimum absolute atomic E-state index is 0.146. The molecule has 1 aliphatic rings. The average Bonchev–Trinajstić information content (AvgIpc) is 2.76. The van der Waals surface area contributed by atoms with Gasteiger partial charge in [-0.2, -0.15) is 0 Å². The summed E-state index contributed by atoms with van der Waals surface area (Å²) in [7, 11) is 0. The number of carboxylic acids is 1. The second kappa shape index (κ2) is 4.91. The van der Waals surface area contributed by atoms with Crippen LogP contribution in [-0.2, 0) is 16.0 Å². The number of rotatable bonds is 3. The number of carbonyl (C=O) groups excluding carboxylic acids is 1. The number of benzene rings is 1. The number of carbonyl (C=O) groups is 2. The Morgan fingerprint density at radius 3 is 2.58 bits per heavy atom. The molecule has 1 amide bonds. The summed E-state index contributed by atoms with van der Waals surface area (Å²) < 4.78 is 0. The Morgan fingerprint density at radius 2 is 2.00 bits per heavy atom. The number of amides is 1. The summed E-state index contributed by atoms with van der Waals surface area (Å²) in [6.45, 7) is 2.12. The summed E-state index contributed by atoms with van der Waals surface area (Å²) in [6, 6.07) is 7.06. The Morgan fingerprint density at radius 1 is 1.37 bits per heavy atom. The monoisotopic (exact) mass is 262 g/mol. The summed E-state index contributed by atoms with van der Waals surface area (Å²) in [5, 5.41) is 9.28. The van der Waals surface area contributed by atoms with Crippen molar-refractivity contribution in [1.82, 2.24) is 4.90 Å². The first-order valence-corrected chi connectivity index (χ1v) is 6.32. The van der Waals surface area contributed by atoms with E-state index < -0.39 is 11.5 Å². The van der Waals surface area contributed by atoms with Gasteiger partial charge in [-0.15, -0.1) is 0 Å². The van der Waals surface area contributed by atoms with Crippen LogP contribution < -0.4 is 5.73 Å². The van der Waals surface area contributed by atoms with Crippen molar-refractivity contribution in [2.24, 2.45) is 0 Å². The van der Waals surface area contributed by atoms with E-state index >= 15 is 0 Å². The molecule has 1 unspecified atom stereocenters. The normalized spacial score (nSPS) is 22.5. The van der Waals surface area contributed by atoms with Crippen molar-refractivity contribution < 1.29 is 14.7 Å². The molecule has 0 aliphatic carbocycles. The molecule has 0 bridgehead atoms. The molecule has 1 aromatic rings. The predicted molar refractivity (Wildman–Crippen MR) is 71.5 cm³/mol. The molecule has 1 aromatic carbocycles. The van der Waals surface area contributed by atoms with Gasteiger partial charge >= 0.3 is 5.97 Å². The first-order chi connectivity index (χ1) is 8.93. The molecular weight excluding hydrogens is 244 g/mol. The summed E-state index contributed by atoms with van der Waals surface area (Å²) in [6.07, 6.45) is 1.45. The fourth-order valence-electron chi connectivity index (χ4n) is 2.49. The highest BCUT2D eigenvalue weighted by Gasteiger charge is 2.45. The quantitative estimate of drug-likeness (QED) is 0.804. The molecule has 1 heterocycles. The molecule has 3 N–H and O–H groups in total. The molecule has 0 radical (unpaired) electrons. The molecule has 19 heavy (non-hydrogen) atoms. The SMILES string of the molecule is CC1(C(=O)O)CCCN1C(=O)Cc1ccc(N)cc1. The smallest absolute Gasteiger partial charge is 0.329 e. The summed E-state index contributed by atoms with van der Waals surface area (Å²) >= 11 is 0. The number of nitrogens with two attached hydrogens (primary N) is 1. The molecule has 0 spiro atoms. The van der Waals surface area contributed by atoms with E-state index in [0.29, 0.717) is 18.7 Å². The van der Waals surface area contributed by atoms with Crippen LogP contribution in [0, 0.1) is 0 Å². The van der Waals surface area contributed by atoms with E-state index in [2.05, 4.69) is 0 Å². The molecule has 1 aliphatic heterocycles. The Balaban J connectivity index is 2.11. The number of anilines is 1. The number of hydrogen-bond donors (Lipinski definition) is 2. The van der Waals surface area contributed by atoms with Gasteiger partial charge in [-0.3, -0.25) is 4.79 Å². The zero-order valence-corrected chi connectivity index (χ0v) is 10.9. The van der Waals surface area contributed by atoms with Gasteiger partial charge in [0, 0.05) is 12.2 Å². The molecule has 2 rings (SSSR count). The lowest BCUT2D eigenvalue weighted by molar-refractivity contribution is -0.155. The van der Waals surface area contributed by atoms with Gasteiger partial charge in [0.25, 0.3) is 0 Å². The highest BCUT2D eigenvalue weighted by Crippen LogP contribution is 2.29. The fourth-order valence-corrected chi connectivity index (χ4v) is 2.49. The van der Waals surface area contributed by atoms with E-state index in [9.17, 15) is 14.7 Å². The van der Waals surface area contributed by atoms with Crippen molar-refractivity contribution in [2.75, 3.05) is 12.3 Å². The van der Waals surface area contributed by atoms with Crippen molar-refractivity contribution in [3.8, 4) is 0 Å². The lowest BCUT2D eigenvalue weighted by Crippen LogP contribution is -2.51. The van der Waals surface area contributed by atoms with Gasteiger partial charge in [0.15, 0.2) is 0 Å². The van der Waals surface area contributed by atoms with Crippen LogP contribution in [0.1, 0.15) is 25.3 Å². The third-order valence-corrected chi connectivity index (χ3v) is 3.74. The second-order valence-electron chi connectivity index (χ2n) is 5.15. The minimum atomic E-state index is -1.06. The predicted octanol–water partition coefficient (Wildman–Crippen LogP) is 1.28. The van der Waals surface area contributed by atoms with Crippen molar-refractivity contribution >= 4 is 17.6 Å². The molecule has 1 atom stereocenters. The van der Waals surface area contributed by atoms with Crippen LogP contribution in [0.25, 0.3) is 0 Å². The molecule has 5 heteroatoms. The Labute approximate surface area is 112 Å². The van der Waals surface area contributed by atoms with Crippen LogP contribution in [0.5, 0.6) is 0 Å². The first kappa shape index (κ1) is 13.4. The zero-order chi connectivity index (χ0) is 14.0. The van der Waals surface area contributed by atoms with Crippen molar-refractivity contribution in [2.45, 2.75) is 31.7 Å². The van der Waals surface area contributed by atoms with Crippen LogP contribution in [0.2, 0.25) is 0 Å². The van der Waals surface area contributed by atoms with Gasteiger partial charge in [-0.1, -0.05) is 12.1 Å². The topological polar surface area (TPSA) is 83.6 Å². The molecular formula is C14H18N2O3. The highest BCUT2D eigenvalue weighted by molar-refractivity contribution is 5.88. The average molecular weight is 262 g/mol. The van der Waals surface area contributed by atoms with Crippen LogP contribution >= 0.6 is 0 Å². The number of aliphatic carboxylic acids is 1. The number of nitrogens with zero attached hydrogens (tertiary/aromatic N) is 1. The standard InChI is InChI=1S/C14H18N2O3/c1-14(13(18)19)7-2-8-16(14)12(17)9-10-3-5-11(15)6-4-10/h3-6H,2,7-9,15H2,1H3,(H,18,19). The molecule has 5 nitrogen and oxygen atoms in total. The number of hydrogen-bond acceptors (Lipinski definition) is 3. The first-order valence-electron chi connectivity index (χ1n) is 6.32. The molecule has 0 aromatic heterocycles.